The molecule has 1 unspecified atom stereocenters. The number of aliphatic hydroxyl groups excluding tert-OH is 2. The minimum absolute atomic E-state index is 0.00361. The van der Waals surface area contributed by atoms with Crippen LogP contribution in [0.15, 0.2) is 0 Å². The van der Waals surface area contributed by atoms with Crippen molar-refractivity contribution in [2.45, 2.75) is 57.5 Å². The number of aliphatic carboxylic acids is 2. The van der Waals surface area contributed by atoms with Crippen molar-refractivity contribution in [3.8, 4) is 0 Å². The third-order valence-corrected chi connectivity index (χ3v) is 2.88. The molecule has 0 bridgehead atoms. The summed E-state index contributed by atoms with van der Waals surface area (Å²) in [6, 6.07) is 0.274. The minimum Gasteiger partial charge on any atom is -0.547 e. The van der Waals surface area contributed by atoms with Gasteiger partial charge in [-0.25, -0.2) is 4.79 Å². The van der Waals surface area contributed by atoms with Crippen molar-refractivity contribution in [2.24, 2.45) is 5.92 Å². The Morgan fingerprint density at radius 1 is 1.23 bits per heavy atom. The Kier molecular flexibility index (Phi) is 8.61. The van der Waals surface area contributed by atoms with E-state index in [1.165, 1.54) is 12.8 Å². The number of hydrogen-bond acceptors (Lipinski definition) is 7. The maximum Gasteiger partial charge on any atom is 0.335 e. The third-order valence-electron chi connectivity index (χ3n) is 2.88. The van der Waals surface area contributed by atoms with E-state index in [1.807, 2.05) is 13.8 Å². The van der Waals surface area contributed by atoms with Crippen molar-refractivity contribution in [1.29, 1.82) is 0 Å². The van der Waals surface area contributed by atoms with E-state index in [9.17, 15) is 19.5 Å². The number of ether oxygens (including phenoxy) is 1. The molecule has 0 heterocycles. The summed E-state index contributed by atoms with van der Waals surface area (Å²) >= 11 is 0. The molecule has 0 aromatic carbocycles. The number of carboxylic acid groups (broad SMARTS) is 2. The van der Waals surface area contributed by atoms with Crippen LogP contribution in [-0.4, -0.2) is 57.6 Å². The molecule has 0 saturated heterocycles. The number of esters is 1. The fourth-order valence-electron chi connectivity index (χ4n) is 1.52. The van der Waals surface area contributed by atoms with Crippen molar-refractivity contribution < 1.29 is 45.3 Å². The molecule has 0 spiro atoms. The van der Waals surface area contributed by atoms with Gasteiger partial charge in [-0.05, 0) is 26.7 Å². The summed E-state index contributed by atoms with van der Waals surface area (Å²) in [5.41, 5.74) is 3.95. The average molecular weight is 321 g/mol. The molecule has 0 aliphatic heterocycles. The number of rotatable bonds is 7. The Labute approximate surface area is 127 Å². The summed E-state index contributed by atoms with van der Waals surface area (Å²) in [7, 11) is 0. The molecule has 0 aromatic rings. The second kappa shape index (κ2) is 9.34. The molecule has 128 valence electrons. The molecule has 9 heteroatoms. The molecule has 0 radical (unpaired) electrons. The second-order valence-corrected chi connectivity index (χ2v) is 5.39. The molecule has 9 nitrogen and oxygen atoms in total. The molecule has 0 aromatic heterocycles. The van der Waals surface area contributed by atoms with Crippen LogP contribution in [0.4, 0.5) is 0 Å². The molecule has 3 atom stereocenters. The molecule has 0 amide bonds. The van der Waals surface area contributed by atoms with Crippen LogP contribution in [0, 0.1) is 5.92 Å². The largest absolute Gasteiger partial charge is 0.547 e. The lowest BCUT2D eigenvalue weighted by Crippen LogP contribution is -2.62. The highest BCUT2D eigenvalue weighted by Crippen LogP contribution is 2.32. The fourth-order valence-corrected chi connectivity index (χ4v) is 1.52. The van der Waals surface area contributed by atoms with Gasteiger partial charge >= 0.3 is 11.9 Å². The van der Waals surface area contributed by atoms with Gasteiger partial charge in [-0.15, -0.1) is 0 Å². The molecule has 1 aliphatic carbocycles. The summed E-state index contributed by atoms with van der Waals surface area (Å²) < 4.78 is 5.02. The van der Waals surface area contributed by atoms with Crippen LogP contribution in [0.3, 0.4) is 0 Å². The van der Waals surface area contributed by atoms with Crippen LogP contribution in [0.25, 0.3) is 0 Å². The quantitative estimate of drug-likeness (QED) is 0.357. The predicted molar refractivity (Wildman–Crippen MR) is 69.9 cm³/mol. The minimum atomic E-state index is -2.38. The van der Waals surface area contributed by atoms with E-state index in [0.29, 0.717) is 12.3 Å². The van der Waals surface area contributed by atoms with Gasteiger partial charge in [-0.3, -0.25) is 4.79 Å². The van der Waals surface area contributed by atoms with Crippen LogP contribution in [0.2, 0.25) is 0 Å². The van der Waals surface area contributed by atoms with E-state index < -0.39 is 24.1 Å². The van der Waals surface area contributed by atoms with E-state index in [1.54, 1.807) is 0 Å². The number of hydrogen-bond donors (Lipinski definition) is 4. The number of carbonyl (C=O) groups is 3. The zero-order valence-electron chi connectivity index (χ0n) is 12.6. The number of aliphatic hydroxyl groups is 2. The second-order valence-electron chi connectivity index (χ2n) is 5.39. The Balaban J connectivity index is 0.000000409. The first-order valence-electron chi connectivity index (χ1n) is 6.88. The van der Waals surface area contributed by atoms with Gasteiger partial charge in [0, 0.05) is 5.92 Å². The Hall–Kier alpha value is -1.71. The topological polar surface area (TPSA) is 172 Å². The summed E-state index contributed by atoms with van der Waals surface area (Å²) in [4.78, 5) is 30.5. The molecule has 6 N–H and O–H groups in total. The third kappa shape index (κ3) is 8.55. The van der Waals surface area contributed by atoms with Gasteiger partial charge in [0.15, 0.2) is 6.10 Å². The maximum atomic E-state index is 11.1. The van der Waals surface area contributed by atoms with Gasteiger partial charge in [-0.2, -0.15) is 0 Å². The SMILES string of the molecule is CC(C)OC(=O)CC([NH3+])C1CC1.O=C([O-])[C@H](O)[C@@H](O)C(=O)O. The molecule has 22 heavy (non-hydrogen) atoms. The van der Waals surface area contributed by atoms with Crippen LogP contribution in [0.5, 0.6) is 0 Å². The molecule has 1 fully saturated rings. The first-order valence-corrected chi connectivity index (χ1v) is 6.88. The Morgan fingerprint density at radius 3 is 2.00 bits per heavy atom. The van der Waals surface area contributed by atoms with E-state index in [0.717, 1.165) is 0 Å². The highest BCUT2D eigenvalue weighted by atomic mass is 16.5. The van der Waals surface area contributed by atoms with Crippen molar-refractivity contribution in [2.75, 3.05) is 0 Å². The van der Waals surface area contributed by atoms with E-state index in [-0.39, 0.29) is 18.1 Å². The summed E-state index contributed by atoms with van der Waals surface area (Å²) in [6.07, 6.45) is -1.74. The average Bonchev–Trinajstić information content (AvgIpc) is 3.20. The van der Waals surface area contributed by atoms with Gasteiger partial charge in [-0.1, -0.05) is 0 Å². The van der Waals surface area contributed by atoms with Crippen LogP contribution in [-0.2, 0) is 19.1 Å². The van der Waals surface area contributed by atoms with E-state index in [4.69, 9.17) is 20.1 Å². The molecular weight excluding hydrogens is 298 g/mol. The lowest BCUT2D eigenvalue weighted by molar-refractivity contribution is -0.425. The zero-order valence-corrected chi connectivity index (χ0v) is 12.6. The first kappa shape index (κ1) is 20.3. The van der Waals surface area contributed by atoms with E-state index >= 15 is 0 Å². The standard InChI is InChI=1S/C9H17NO2.C4H6O6/c1-6(2)12-9(11)5-8(10)7-3-4-7;5-1(3(7)8)2(6)4(9)10/h6-8H,3-5,10H2,1-2H3;1-2,5-6H,(H,7,8)(H,9,10)/t;1-,2-/m.1/s1. The summed E-state index contributed by atoms with van der Waals surface area (Å²) in [5, 5.41) is 34.1. The fraction of sp³-hybridized carbons (Fsp3) is 0.769. The number of quaternary nitrogens is 1. The van der Waals surface area contributed by atoms with Crippen LogP contribution >= 0.6 is 0 Å². The van der Waals surface area contributed by atoms with Gasteiger partial charge in [0.1, 0.15) is 6.10 Å². The summed E-state index contributed by atoms with van der Waals surface area (Å²) in [5.74, 6) is -3.24. The van der Waals surface area contributed by atoms with Gasteiger partial charge in [0.2, 0.25) is 0 Å². The lowest BCUT2D eigenvalue weighted by Gasteiger charge is -2.13. The normalized spacial score (nSPS) is 17.7. The van der Waals surface area contributed by atoms with Crippen molar-refractivity contribution in [3.05, 3.63) is 0 Å². The maximum absolute atomic E-state index is 11.1. The monoisotopic (exact) mass is 321 g/mol. The zero-order chi connectivity index (χ0) is 17.4. The van der Waals surface area contributed by atoms with Gasteiger partial charge in [0.05, 0.1) is 24.5 Å². The molecule has 1 aliphatic rings. The van der Waals surface area contributed by atoms with Gasteiger partial charge in [0.25, 0.3) is 0 Å². The first-order chi connectivity index (χ1) is 10.1. The van der Waals surface area contributed by atoms with Crippen molar-refractivity contribution >= 4 is 17.9 Å². The molecule has 1 rings (SSSR count). The Morgan fingerprint density at radius 2 is 1.73 bits per heavy atom. The van der Waals surface area contributed by atoms with Crippen molar-refractivity contribution in [1.82, 2.24) is 0 Å². The smallest absolute Gasteiger partial charge is 0.335 e. The predicted octanol–water partition coefficient (Wildman–Crippen LogP) is -3.11. The molecular formula is C13H23NO8. The Bertz CT molecular complexity index is 376. The van der Waals surface area contributed by atoms with E-state index in [2.05, 4.69) is 5.73 Å². The summed E-state index contributed by atoms with van der Waals surface area (Å²) in [6.45, 7) is 3.74. The lowest BCUT2D eigenvalue weighted by atomic mass is 10.1. The van der Waals surface area contributed by atoms with Gasteiger partial charge < -0.3 is 35.7 Å². The highest BCUT2D eigenvalue weighted by Gasteiger charge is 2.33. The molecule has 1 saturated carbocycles. The number of carboxylic acids is 2. The van der Waals surface area contributed by atoms with Crippen LogP contribution < -0.4 is 10.8 Å². The van der Waals surface area contributed by atoms with Crippen LogP contribution in [0.1, 0.15) is 33.1 Å². The van der Waals surface area contributed by atoms with Crippen molar-refractivity contribution in [3.63, 3.8) is 0 Å². The highest BCUT2D eigenvalue weighted by molar-refractivity contribution is 5.82. The number of carbonyl (C=O) groups excluding carboxylic acids is 2.